The molecule has 0 aliphatic carbocycles. The Morgan fingerprint density at radius 2 is 2.19 bits per heavy atom. The number of amides is 1. The Hall–Kier alpha value is -2.90. The van der Waals surface area contributed by atoms with Gasteiger partial charge in [0.05, 0.1) is 23.2 Å². The molecule has 0 aliphatic rings. The molecule has 1 amide bonds. The van der Waals surface area contributed by atoms with E-state index in [0.29, 0.717) is 16.9 Å². The van der Waals surface area contributed by atoms with E-state index >= 15 is 0 Å². The molecule has 0 saturated heterocycles. The lowest BCUT2D eigenvalue weighted by Gasteiger charge is -2.15. The molecule has 0 aromatic carbocycles. The van der Waals surface area contributed by atoms with Gasteiger partial charge in [-0.15, -0.1) is 0 Å². The van der Waals surface area contributed by atoms with E-state index in [-0.39, 0.29) is 17.4 Å². The average Bonchev–Trinajstić information content (AvgIpc) is 3.03. The van der Waals surface area contributed by atoms with Crippen LogP contribution < -0.4 is 11.5 Å². The topological polar surface area (TPSA) is 128 Å². The second-order valence-corrected chi connectivity index (χ2v) is 4.86. The quantitative estimate of drug-likeness (QED) is 0.654. The average molecular weight is 285 g/mol. The van der Waals surface area contributed by atoms with E-state index in [1.165, 1.54) is 0 Å². The van der Waals surface area contributed by atoms with E-state index in [4.69, 9.17) is 11.5 Å². The number of hydrogen-bond donors (Lipinski definition) is 3. The van der Waals surface area contributed by atoms with E-state index in [9.17, 15) is 4.79 Å². The summed E-state index contributed by atoms with van der Waals surface area (Å²) in [5.74, 6) is 0.283. The molecule has 5 N–H and O–H groups in total. The molecule has 3 aromatic rings. The summed E-state index contributed by atoms with van der Waals surface area (Å²) in [6, 6.07) is -0.145. The Morgan fingerprint density at radius 3 is 2.81 bits per heavy atom. The molecule has 0 saturated carbocycles. The van der Waals surface area contributed by atoms with Gasteiger partial charge in [0.2, 0.25) is 0 Å². The third-order valence-corrected chi connectivity index (χ3v) is 3.54. The van der Waals surface area contributed by atoms with Gasteiger partial charge in [0.15, 0.2) is 0 Å². The van der Waals surface area contributed by atoms with Crippen molar-refractivity contribution in [1.82, 2.24) is 24.7 Å². The molecule has 3 heterocycles. The van der Waals surface area contributed by atoms with Gasteiger partial charge in [0.25, 0.3) is 5.91 Å². The summed E-state index contributed by atoms with van der Waals surface area (Å²) in [4.78, 5) is 20.2. The van der Waals surface area contributed by atoms with Crippen molar-refractivity contribution >= 4 is 22.8 Å². The number of aryl methyl sites for hydroxylation is 1. The number of aromatic nitrogens is 5. The number of nitrogen functional groups attached to an aromatic ring is 1. The van der Waals surface area contributed by atoms with Gasteiger partial charge in [-0.2, -0.15) is 5.10 Å². The molecule has 21 heavy (non-hydrogen) atoms. The van der Waals surface area contributed by atoms with Crippen molar-refractivity contribution in [1.29, 1.82) is 0 Å². The van der Waals surface area contributed by atoms with Gasteiger partial charge in [-0.25, -0.2) is 9.97 Å². The Balaban J connectivity index is 2.33. The minimum Gasteiger partial charge on any atom is -0.384 e. The maximum atomic E-state index is 11.7. The van der Waals surface area contributed by atoms with Crippen LogP contribution >= 0.6 is 0 Å². The normalized spacial score (nSPS) is 12.7. The number of carbonyl (C=O) groups is 1. The molecule has 8 heteroatoms. The summed E-state index contributed by atoms with van der Waals surface area (Å²) in [5, 5.41) is 7.25. The van der Waals surface area contributed by atoms with Gasteiger partial charge in [0, 0.05) is 18.0 Å². The zero-order valence-corrected chi connectivity index (χ0v) is 11.7. The van der Waals surface area contributed by atoms with Crippen molar-refractivity contribution in [3.05, 3.63) is 35.5 Å². The number of nitrogens with two attached hydrogens (primary N) is 2. The van der Waals surface area contributed by atoms with E-state index in [1.807, 2.05) is 6.92 Å². The van der Waals surface area contributed by atoms with Crippen LogP contribution in [0.4, 0.5) is 5.82 Å². The lowest BCUT2D eigenvalue weighted by molar-refractivity contribution is 0.100. The van der Waals surface area contributed by atoms with Crippen LogP contribution in [0.2, 0.25) is 0 Å². The number of nitrogens with one attached hydrogen (secondary N) is 1. The molecule has 0 bridgehead atoms. The zero-order chi connectivity index (χ0) is 15.1. The predicted molar refractivity (Wildman–Crippen MR) is 77.6 cm³/mol. The summed E-state index contributed by atoms with van der Waals surface area (Å²) in [7, 11) is 0. The monoisotopic (exact) mass is 285 g/mol. The number of fused-ring (bicyclic) bond motifs is 1. The van der Waals surface area contributed by atoms with Crippen LogP contribution in [0.1, 0.15) is 34.7 Å². The first kappa shape index (κ1) is 13.1. The minimum atomic E-state index is -0.594. The molecule has 108 valence electrons. The molecule has 3 rings (SSSR count). The fourth-order valence-electron chi connectivity index (χ4n) is 2.48. The van der Waals surface area contributed by atoms with E-state index < -0.39 is 5.91 Å². The van der Waals surface area contributed by atoms with Crippen LogP contribution in [-0.2, 0) is 0 Å². The first-order chi connectivity index (χ1) is 10.0. The molecule has 3 aromatic heterocycles. The van der Waals surface area contributed by atoms with Crippen molar-refractivity contribution in [3.63, 3.8) is 0 Å². The lowest BCUT2D eigenvalue weighted by Crippen LogP contribution is -2.15. The number of carbonyl (C=O) groups excluding carboxylic acids is 1. The highest BCUT2D eigenvalue weighted by molar-refractivity contribution is 6.10. The predicted octanol–water partition coefficient (Wildman–Crippen LogP) is 0.753. The molecule has 8 nitrogen and oxygen atoms in total. The summed E-state index contributed by atoms with van der Waals surface area (Å²) in [5.41, 5.74) is 13.3. The summed E-state index contributed by atoms with van der Waals surface area (Å²) >= 11 is 0. The number of rotatable bonds is 3. The Morgan fingerprint density at radius 1 is 1.43 bits per heavy atom. The second kappa shape index (κ2) is 4.58. The summed E-state index contributed by atoms with van der Waals surface area (Å²) in [6.45, 7) is 3.72. The van der Waals surface area contributed by atoms with Gasteiger partial charge in [0.1, 0.15) is 17.3 Å². The van der Waals surface area contributed by atoms with E-state index in [1.54, 1.807) is 30.1 Å². The van der Waals surface area contributed by atoms with Crippen LogP contribution in [0.5, 0.6) is 0 Å². The molecule has 0 spiro atoms. The number of aromatic amines is 1. The summed E-state index contributed by atoms with van der Waals surface area (Å²) < 4.78 is 1.77. The summed E-state index contributed by atoms with van der Waals surface area (Å²) in [6.07, 6.45) is 5.05. The molecule has 1 atom stereocenters. The van der Waals surface area contributed by atoms with Crippen molar-refractivity contribution in [2.75, 3.05) is 5.73 Å². The van der Waals surface area contributed by atoms with Crippen LogP contribution in [0, 0.1) is 6.92 Å². The number of anilines is 1. The fraction of sp³-hybridized carbons (Fsp3) is 0.231. The lowest BCUT2D eigenvalue weighted by atomic mass is 10.2. The molecule has 0 aliphatic heterocycles. The minimum absolute atomic E-state index is 0.145. The van der Waals surface area contributed by atoms with Gasteiger partial charge >= 0.3 is 0 Å². The third kappa shape index (κ3) is 1.92. The molecule has 0 fully saturated rings. The highest BCUT2D eigenvalue weighted by atomic mass is 16.1. The van der Waals surface area contributed by atoms with Crippen LogP contribution in [0.25, 0.3) is 11.0 Å². The van der Waals surface area contributed by atoms with Crippen LogP contribution in [0.15, 0.2) is 18.6 Å². The Kier molecular flexibility index (Phi) is 2.86. The number of nitrogens with zero attached hydrogens (tertiary/aromatic N) is 4. The van der Waals surface area contributed by atoms with Gasteiger partial charge in [-0.1, -0.05) is 0 Å². The molecular formula is C13H15N7O. The number of primary amides is 1. The van der Waals surface area contributed by atoms with Gasteiger partial charge in [-0.05, 0) is 13.8 Å². The largest absolute Gasteiger partial charge is 0.384 e. The highest BCUT2D eigenvalue weighted by Crippen LogP contribution is 2.32. The maximum absolute atomic E-state index is 11.7. The molecule has 0 radical (unpaired) electrons. The van der Waals surface area contributed by atoms with E-state index in [0.717, 1.165) is 5.56 Å². The Labute approximate surface area is 120 Å². The van der Waals surface area contributed by atoms with E-state index in [2.05, 4.69) is 20.2 Å². The smallest absolute Gasteiger partial charge is 0.253 e. The van der Waals surface area contributed by atoms with Crippen LogP contribution in [0.3, 0.4) is 0 Å². The van der Waals surface area contributed by atoms with Gasteiger partial charge in [-0.3, -0.25) is 9.89 Å². The maximum Gasteiger partial charge on any atom is 0.253 e. The zero-order valence-electron chi connectivity index (χ0n) is 11.7. The highest BCUT2D eigenvalue weighted by Gasteiger charge is 2.24. The Bertz CT molecular complexity index is 819. The third-order valence-electron chi connectivity index (χ3n) is 3.54. The number of hydrogen-bond acceptors (Lipinski definition) is 5. The first-order valence-corrected chi connectivity index (χ1v) is 6.42. The first-order valence-electron chi connectivity index (χ1n) is 6.42. The van der Waals surface area contributed by atoms with Crippen molar-refractivity contribution < 1.29 is 4.79 Å². The van der Waals surface area contributed by atoms with Crippen molar-refractivity contribution in [3.8, 4) is 0 Å². The number of H-pyrrole nitrogens is 1. The van der Waals surface area contributed by atoms with Crippen molar-refractivity contribution in [2.45, 2.75) is 19.9 Å². The van der Waals surface area contributed by atoms with Crippen molar-refractivity contribution in [2.24, 2.45) is 5.73 Å². The second-order valence-electron chi connectivity index (χ2n) is 4.86. The SMILES string of the molecule is Cc1ncc2c(C(N)=O)c(N)n(C(C)c3cn[nH]c3)c2n1. The standard InChI is InChI=1S/C13H15N7O/c1-6(8-3-17-18-4-8)20-11(14)10(12(15)21)9-5-16-7(2)19-13(9)20/h3-6H,14H2,1-2H3,(H2,15,21)(H,17,18). The fourth-order valence-corrected chi connectivity index (χ4v) is 2.48. The molecular weight excluding hydrogens is 270 g/mol. The van der Waals surface area contributed by atoms with Gasteiger partial charge < -0.3 is 16.0 Å². The molecule has 1 unspecified atom stereocenters. The van der Waals surface area contributed by atoms with Crippen LogP contribution in [-0.4, -0.2) is 30.6 Å².